The molecule has 1 saturated carbocycles. The molecule has 0 unspecified atom stereocenters. The van der Waals surface area contributed by atoms with Crippen LogP contribution in [-0.4, -0.2) is 68.8 Å². The quantitative estimate of drug-likeness (QED) is 0.0425. The molecule has 1 heterocycles. The Morgan fingerprint density at radius 1 is 0.980 bits per heavy atom. The molecule has 0 bridgehead atoms. The molecule has 0 atom stereocenters. The van der Waals surface area contributed by atoms with Crippen molar-refractivity contribution >= 4 is 50.0 Å². The van der Waals surface area contributed by atoms with E-state index in [1.54, 1.807) is 37.3 Å². The first-order chi connectivity index (χ1) is 23.4. The predicted octanol–water partition coefficient (Wildman–Crippen LogP) is 6.26. The summed E-state index contributed by atoms with van der Waals surface area (Å²) in [5, 5.41) is 19.2. The largest absolute Gasteiger partial charge is 0.507 e. The maximum atomic E-state index is 13.7. The van der Waals surface area contributed by atoms with Gasteiger partial charge in [-0.05, 0) is 60.2 Å². The van der Waals surface area contributed by atoms with Crippen LogP contribution in [0, 0.1) is 5.82 Å². The maximum absolute atomic E-state index is 13.7. The van der Waals surface area contributed by atoms with Crippen molar-refractivity contribution in [1.82, 2.24) is 0 Å². The molecule has 4 aromatic rings. The molecular formula is C36H36FNO10S. The van der Waals surface area contributed by atoms with Crippen molar-refractivity contribution in [3.63, 3.8) is 0 Å². The third-order valence-corrected chi connectivity index (χ3v) is 9.22. The fourth-order valence-corrected chi connectivity index (χ4v) is 6.33. The summed E-state index contributed by atoms with van der Waals surface area (Å²) in [4.78, 5) is 35.1. The van der Waals surface area contributed by atoms with Crippen LogP contribution in [0.2, 0.25) is 0 Å². The van der Waals surface area contributed by atoms with Gasteiger partial charge in [-0.2, -0.15) is 0 Å². The monoisotopic (exact) mass is 693 g/mol. The van der Waals surface area contributed by atoms with Crippen LogP contribution in [-0.2, 0) is 35.7 Å². The number of nitrogens with zero attached hydrogens (tertiary/aromatic N) is 1. The van der Waals surface area contributed by atoms with Crippen LogP contribution in [0.1, 0.15) is 59.2 Å². The van der Waals surface area contributed by atoms with Gasteiger partial charge in [-0.1, -0.05) is 31.2 Å². The fourth-order valence-electron chi connectivity index (χ4n) is 5.41. The number of furan rings is 1. The highest BCUT2D eigenvalue weighted by molar-refractivity contribution is 7.92. The third kappa shape index (κ3) is 8.60. The molecule has 0 saturated heterocycles. The second kappa shape index (κ2) is 15.1. The number of hydrogen-bond acceptors (Lipinski definition) is 9. The minimum absolute atomic E-state index is 0.0270. The number of carboxylic acid groups (broad SMARTS) is 1. The predicted molar refractivity (Wildman–Crippen MR) is 181 cm³/mol. The van der Waals surface area contributed by atoms with Gasteiger partial charge in [0.2, 0.25) is 10.0 Å². The number of rotatable bonds is 17. The van der Waals surface area contributed by atoms with E-state index in [1.807, 2.05) is 6.07 Å². The zero-order valence-corrected chi connectivity index (χ0v) is 27.8. The van der Waals surface area contributed by atoms with Gasteiger partial charge in [-0.25, -0.2) is 17.6 Å². The molecule has 5 rings (SSSR count). The van der Waals surface area contributed by atoms with Crippen LogP contribution < -0.4 is 4.31 Å². The zero-order chi connectivity index (χ0) is 35.3. The first-order valence-corrected chi connectivity index (χ1v) is 17.5. The Morgan fingerprint density at radius 2 is 1.65 bits per heavy atom. The number of carbonyl (C=O) groups excluding carboxylic acids is 2. The van der Waals surface area contributed by atoms with Crippen molar-refractivity contribution < 1.29 is 51.3 Å². The van der Waals surface area contributed by atoms with Crippen LogP contribution in [0.5, 0.6) is 0 Å². The third-order valence-electron chi connectivity index (χ3n) is 8.04. The Bertz CT molecular complexity index is 2000. The Kier molecular flexibility index (Phi) is 11.0. The van der Waals surface area contributed by atoms with E-state index in [0.717, 1.165) is 30.2 Å². The molecular weight excluding hydrogens is 657 g/mol. The van der Waals surface area contributed by atoms with Gasteiger partial charge in [0, 0.05) is 35.1 Å². The molecule has 0 aliphatic heterocycles. The van der Waals surface area contributed by atoms with Crippen molar-refractivity contribution in [2.75, 3.05) is 36.9 Å². The summed E-state index contributed by atoms with van der Waals surface area (Å²) in [6, 6.07) is 15.6. The lowest BCUT2D eigenvalue weighted by Crippen LogP contribution is -2.34. The number of aliphatic carboxylic acids is 1. The molecule has 0 radical (unpaired) electrons. The highest BCUT2D eigenvalue weighted by atomic mass is 32.2. The summed E-state index contributed by atoms with van der Waals surface area (Å²) in [7, 11) is -3.75. The summed E-state index contributed by atoms with van der Waals surface area (Å²) < 4.78 is 58.7. The van der Waals surface area contributed by atoms with Crippen molar-refractivity contribution in [1.29, 1.82) is 0 Å². The van der Waals surface area contributed by atoms with E-state index >= 15 is 0 Å². The van der Waals surface area contributed by atoms with Gasteiger partial charge in [0.1, 0.15) is 22.9 Å². The minimum Gasteiger partial charge on any atom is -0.507 e. The Morgan fingerprint density at radius 3 is 2.27 bits per heavy atom. The summed E-state index contributed by atoms with van der Waals surface area (Å²) in [5.41, 5.74) is 3.59. The average molecular weight is 694 g/mol. The number of sulfonamides is 1. The van der Waals surface area contributed by atoms with Crippen molar-refractivity contribution in [2.45, 2.75) is 38.7 Å². The van der Waals surface area contributed by atoms with Crippen LogP contribution >= 0.6 is 0 Å². The van der Waals surface area contributed by atoms with Gasteiger partial charge >= 0.3 is 5.97 Å². The number of anilines is 1. The number of halogens is 1. The first kappa shape index (κ1) is 35.5. The molecule has 11 nitrogen and oxygen atoms in total. The molecule has 3 aromatic carbocycles. The smallest absolute Gasteiger partial charge is 0.376 e. The van der Waals surface area contributed by atoms with Crippen LogP contribution in [0.3, 0.4) is 0 Å². The zero-order valence-electron chi connectivity index (χ0n) is 27.0. The number of carboxylic acids is 1. The number of Topliss-reactive ketones (excluding diaryl/α,β-unsaturated/α-hetero) is 1. The van der Waals surface area contributed by atoms with Crippen LogP contribution in [0.15, 0.2) is 71.2 Å². The lowest BCUT2D eigenvalue weighted by molar-refractivity contribution is -0.146. The van der Waals surface area contributed by atoms with Gasteiger partial charge in [0.25, 0.3) is 5.78 Å². The second-order valence-electron chi connectivity index (χ2n) is 11.7. The normalized spacial score (nSPS) is 13.5. The fraction of sp³-hybridized carbons (Fsp3) is 0.306. The van der Waals surface area contributed by atoms with Crippen molar-refractivity contribution in [2.24, 2.45) is 0 Å². The number of aliphatic hydroxyl groups excluding tert-OH is 1. The molecule has 1 aromatic heterocycles. The molecule has 49 heavy (non-hydrogen) atoms. The topological polar surface area (TPSA) is 161 Å². The summed E-state index contributed by atoms with van der Waals surface area (Å²) in [6.45, 7) is 2.47. The second-order valence-corrected chi connectivity index (χ2v) is 13.6. The van der Waals surface area contributed by atoms with Crippen molar-refractivity contribution in [3.8, 4) is 11.3 Å². The summed E-state index contributed by atoms with van der Waals surface area (Å²) in [6.07, 6.45) is 3.76. The van der Waals surface area contributed by atoms with E-state index in [2.05, 4.69) is 0 Å². The van der Waals surface area contributed by atoms with E-state index in [1.165, 1.54) is 28.6 Å². The number of aliphatic hydroxyl groups is 1. The van der Waals surface area contributed by atoms with E-state index < -0.39 is 33.4 Å². The SMILES string of the molecule is CCC(=O)c1c(-c2ccc(F)cc2)oc2cc(N(CCOCCOCc3ccc(C(O)=CC(=O)C(=O)O)cc3)S(C)(=O)=O)c(C3CC3)cc12. The Balaban J connectivity index is 1.25. The summed E-state index contributed by atoms with van der Waals surface area (Å²) >= 11 is 0. The van der Waals surface area contributed by atoms with E-state index in [-0.39, 0.29) is 56.7 Å². The molecule has 1 fully saturated rings. The minimum atomic E-state index is -3.75. The molecule has 0 spiro atoms. The van der Waals surface area contributed by atoms with Gasteiger partial charge in [0.15, 0.2) is 5.78 Å². The van der Waals surface area contributed by atoms with E-state index in [0.29, 0.717) is 39.6 Å². The highest BCUT2D eigenvalue weighted by Gasteiger charge is 2.33. The molecule has 258 valence electrons. The van der Waals surface area contributed by atoms with E-state index in [4.69, 9.17) is 19.0 Å². The highest BCUT2D eigenvalue weighted by Crippen LogP contribution is 2.48. The van der Waals surface area contributed by atoms with Gasteiger partial charge in [0.05, 0.1) is 50.5 Å². The lowest BCUT2D eigenvalue weighted by atomic mass is 9.97. The number of carbonyl (C=O) groups is 3. The Hall–Kier alpha value is -4.85. The van der Waals surface area contributed by atoms with Crippen LogP contribution in [0.25, 0.3) is 28.1 Å². The molecule has 0 amide bonds. The number of hydrogen-bond donors (Lipinski definition) is 2. The Labute approximate surface area is 282 Å². The molecule has 2 N–H and O–H groups in total. The summed E-state index contributed by atoms with van der Waals surface area (Å²) in [5.74, 6) is -3.47. The van der Waals surface area contributed by atoms with Gasteiger partial charge in [-0.15, -0.1) is 0 Å². The van der Waals surface area contributed by atoms with E-state index in [9.17, 15) is 32.3 Å². The van der Waals surface area contributed by atoms with Gasteiger partial charge in [-0.3, -0.25) is 13.9 Å². The number of ketones is 2. The van der Waals surface area contributed by atoms with Crippen molar-refractivity contribution in [3.05, 3.63) is 94.8 Å². The van der Waals surface area contributed by atoms with Gasteiger partial charge < -0.3 is 24.1 Å². The average Bonchev–Trinajstić information content (AvgIpc) is 3.85. The first-order valence-electron chi connectivity index (χ1n) is 15.7. The number of fused-ring (bicyclic) bond motifs is 1. The lowest BCUT2D eigenvalue weighted by Gasteiger charge is -2.25. The standard InChI is InChI=1S/C36H36FNO10S/c1-3-30(39)34-28-18-27(23-8-9-23)29(19-33(28)48-35(34)25-10-12-26(37)13-11-25)38(49(2,44)45)14-15-46-16-17-47-21-22-4-6-24(7-5-22)31(40)20-32(41)36(42)43/h4-7,10-13,18-20,23,40H,3,8-9,14-17,21H2,1-2H3,(H,42,43). The van der Waals surface area contributed by atoms with Crippen LogP contribution in [0.4, 0.5) is 10.1 Å². The molecule has 1 aliphatic carbocycles. The molecule has 1 aliphatic rings. The molecule has 13 heteroatoms. The number of ether oxygens (including phenoxy) is 2. The maximum Gasteiger partial charge on any atom is 0.376 e. The number of benzene rings is 3.